The normalized spacial score (nSPS) is 9.85. The third-order valence-electron chi connectivity index (χ3n) is 2.96. The number of anilines is 1. The van der Waals surface area contributed by atoms with Gasteiger partial charge in [0.05, 0.1) is 11.6 Å². The van der Waals surface area contributed by atoms with Gasteiger partial charge in [-0.1, -0.05) is 12.1 Å². The molecule has 0 heterocycles. The summed E-state index contributed by atoms with van der Waals surface area (Å²) in [6, 6.07) is 13.5. The van der Waals surface area contributed by atoms with Gasteiger partial charge in [-0.15, -0.1) is 0 Å². The summed E-state index contributed by atoms with van der Waals surface area (Å²) in [6.07, 6.45) is 0.622. The summed E-state index contributed by atoms with van der Waals surface area (Å²) in [5, 5.41) is 8.87. The molecular weight excluding hydrogens is 255 g/mol. The zero-order valence-electron chi connectivity index (χ0n) is 11.0. The molecule has 0 bridgehead atoms. The van der Waals surface area contributed by atoms with E-state index in [1.807, 2.05) is 24.1 Å². The molecule has 2 aromatic rings. The molecule has 2 aromatic carbocycles. The van der Waals surface area contributed by atoms with Crippen molar-refractivity contribution in [3.8, 4) is 6.07 Å². The lowest BCUT2D eigenvalue weighted by Gasteiger charge is -2.20. The molecule has 0 N–H and O–H groups in total. The largest absolute Gasteiger partial charge is 0.370 e. The van der Waals surface area contributed by atoms with Gasteiger partial charge in [-0.25, -0.2) is 4.39 Å². The smallest absolute Gasteiger partial charge is 0.150 e. The van der Waals surface area contributed by atoms with E-state index in [2.05, 4.69) is 6.07 Å². The zero-order valence-corrected chi connectivity index (χ0v) is 11.0. The third kappa shape index (κ3) is 3.21. The second-order valence-corrected chi connectivity index (χ2v) is 4.53. The predicted octanol–water partition coefficient (Wildman–Crippen LogP) is 3.15. The molecule has 20 heavy (non-hydrogen) atoms. The molecule has 0 aliphatic heterocycles. The maximum atomic E-state index is 13.4. The molecule has 0 atom stereocenters. The van der Waals surface area contributed by atoms with Gasteiger partial charge in [-0.2, -0.15) is 5.26 Å². The predicted molar refractivity (Wildman–Crippen MR) is 75.1 cm³/mol. The Morgan fingerprint density at radius 3 is 2.80 bits per heavy atom. The first-order valence-electron chi connectivity index (χ1n) is 6.08. The Balaban J connectivity index is 2.23. The lowest BCUT2D eigenvalue weighted by atomic mass is 10.1. The minimum absolute atomic E-state index is 0.303. The number of nitriles is 1. The average Bonchev–Trinajstić information content (AvgIpc) is 2.46. The van der Waals surface area contributed by atoms with Crippen LogP contribution in [0.5, 0.6) is 0 Å². The fourth-order valence-electron chi connectivity index (χ4n) is 1.99. The number of benzene rings is 2. The number of carbonyl (C=O) groups excluding carboxylic acids is 1. The summed E-state index contributed by atoms with van der Waals surface area (Å²) in [6.45, 7) is 0.525. The Morgan fingerprint density at radius 1 is 1.30 bits per heavy atom. The molecule has 0 unspecified atom stereocenters. The van der Waals surface area contributed by atoms with Crippen LogP contribution in [0.15, 0.2) is 42.5 Å². The maximum Gasteiger partial charge on any atom is 0.150 e. The molecule has 4 heteroatoms. The van der Waals surface area contributed by atoms with Crippen molar-refractivity contribution >= 4 is 12.0 Å². The highest BCUT2D eigenvalue weighted by molar-refractivity contribution is 5.77. The van der Waals surface area contributed by atoms with E-state index in [4.69, 9.17) is 5.26 Å². The Morgan fingerprint density at radius 2 is 2.10 bits per heavy atom. The fourth-order valence-corrected chi connectivity index (χ4v) is 1.99. The summed E-state index contributed by atoms with van der Waals surface area (Å²) in [5.41, 5.74) is 2.46. The molecular formula is C16H13FN2O. The molecule has 0 aliphatic carbocycles. The second-order valence-electron chi connectivity index (χ2n) is 4.53. The van der Waals surface area contributed by atoms with Crippen molar-refractivity contribution in [1.29, 1.82) is 5.26 Å². The van der Waals surface area contributed by atoms with Crippen LogP contribution >= 0.6 is 0 Å². The van der Waals surface area contributed by atoms with Gasteiger partial charge in [0.15, 0.2) is 0 Å². The van der Waals surface area contributed by atoms with E-state index in [-0.39, 0.29) is 0 Å². The SMILES string of the molecule is CN(Cc1cccc(C#N)c1)c1cc(F)cc(C=O)c1. The first-order chi connectivity index (χ1) is 9.62. The van der Waals surface area contributed by atoms with Gasteiger partial charge in [0.2, 0.25) is 0 Å². The van der Waals surface area contributed by atoms with Crippen molar-refractivity contribution in [1.82, 2.24) is 0 Å². The highest BCUT2D eigenvalue weighted by atomic mass is 19.1. The number of hydrogen-bond donors (Lipinski definition) is 0. The van der Waals surface area contributed by atoms with E-state index in [1.165, 1.54) is 12.1 Å². The van der Waals surface area contributed by atoms with Crippen LogP contribution in [-0.4, -0.2) is 13.3 Å². The number of aldehydes is 1. The minimum Gasteiger partial charge on any atom is -0.370 e. The maximum absolute atomic E-state index is 13.4. The van der Waals surface area contributed by atoms with Crippen LogP contribution < -0.4 is 4.90 Å². The van der Waals surface area contributed by atoms with Gasteiger partial charge >= 0.3 is 0 Å². The van der Waals surface area contributed by atoms with Crippen LogP contribution in [-0.2, 0) is 6.54 Å². The van der Waals surface area contributed by atoms with Crippen LogP contribution in [0.3, 0.4) is 0 Å². The Hall–Kier alpha value is -2.67. The van der Waals surface area contributed by atoms with Crippen molar-refractivity contribution in [2.24, 2.45) is 0 Å². The zero-order chi connectivity index (χ0) is 14.5. The van der Waals surface area contributed by atoms with Crippen molar-refractivity contribution in [2.75, 3.05) is 11.9 Å². The van der Waals surface area contributed by atoms with Crippen LogP contribution in [0, 0.1) is 17.1 Å². The molecule has 0 amide bonds. The number of hydrogen-bond acceptors (Lipinski definition) is 3. The highest BCUT2D eigenvalue weighted by Gasteiger charge is 2.06. The van der Waals surface area contributed by atoms with Crippen molar-refractivity contribution in [2.45, 2.75) is 6.54 Å². The van der Waals surface area contributed by atoms with Crippen molar-refractivity contribution in [3.05, 3.63) is 65.0 Å². The first kappa shape index (κ1) is 13.8. The number of halogens is 1. The summed E-state index contributed by atoms with van der Waals surface area (Å²) >= 11 is 0. The molecule has 0 aliphatic rings. The number of rotatable bonds is 4. The standard InChI is InChI=1S/C16H13FN2O/c1-19(10-13-4-2-3-12(5-13)9-18)16-7-14(11-20)6-15(17)8-16/h2-8,11H,10H2,1H3. The van der Waals surface area contributed by atoms with E-state index in [0.29, 0.717) is 29.6 Å². The quantitative estimate of drug-likeness (QED) is 0.800. The summed E-state index contributed by atoms with van der Waals surface area (Å²) in [7, 11) is 1.81. The molecule has 0 saturated heterocycles. The first-order valence-corrected chi connectivity index (χ1v) is 6.08. The Labute approximate surface area is 116 Å². The molecule has 3 nitrogen and oxygen atoms in total. The van der Waals surface area contributed by atoms with Crippen LogP contribution in [0.2, 0.25) is 0 Å². The van der Waals surface area contributed by atoms with E-state index < -0.39 is 5.82 Å². The summed E-state index contributed by atoms with van der Waals surface area (Å²) < 4.78 is 13.4. The average molecular weight is 268 g/mol. The summed E-state index contributed by atoms with van der Waals surface area (Å²) in [4.78, 5) is 12.6. The topological polar surface area (TPSA) is 44.1 Å². The molecule has 0 radical (unpaired) electrons. The molecule has 100 valence electrons. The van der Waals surface area contributed by atoms with Gasteiger partial charge in [0.1, 0.15) is 12.1 Å². The van der Waals surface area contributed by atoms with Crippen LogP contribution in [0.4, 0.5) is 10.1 Å². The van der Waals surface area contributed by atoms with Gasteiger partial charge < -0.3 is 4.90 Å². The van der Waals surface area contributed by atoms with E-state index in [0.717, 1.165) is 5.56 Å². The lowest BCUT2D eigenvalue weighted by Crippen LogP contribution is -2.16. The fraction of sp³-hybridized carbons (Fsp3) is 0.125. The Kier molecular flexibility index (Phi) is 4.11. The van der Waals surface area contributed by atoms with Gasteiger partial charge in [-0.3, -0.25) is 4.79 Å². The van der Waals surface area contributed by atoms with E-state index in [1.54, 1.807) is 18.2 Å². The van der Waals surface area contributed by atoms with Crippen LogP contribution in [0.1, 0.15) is 21.5 Å². The molecule has 0 spiro atoms. The molecule has 0 aromatic heterocycles. The summed E-state index contributed by atoms with van der Waals surface area (Å²) in [5.74, 6) is -0.442. The monoisotopic (exact) mass is 268 g/mol. The minimum atomic E-state index is -0.442. The van der Waals surface area contributed by atoms with Crippen molar-refractivity contribution < 1.29 is 9.18 Å². The van der Waals surface area contributed by atoms with Crippen molar-refractivity contribution in [3.63, 3.8) is 0 Å². The third-order valence-corrected chi connectivity index (χ3v) is 2.96. The van der Waals surface area contributed by atoms with E-state index >= 15 is 0 Å². The van der Waals surface area contributed by atoms with Crippen LogP contribution in [0.25, 0.3) is 0 Å². The number of carbonyl (C=O) groups is 1. The van der Waals surface area contributed by atoms with Gasteiger partial charge in [-0.05, 0) is 35.9 Å². The molecule has 0 saturated carbocycles. The van der Waals surface area contributed by atoms with Gasteiger partial charge in [0, 0.05) is 24.8 Å². The highest BCUT2D eigenvalue weighted by Crippen LogP contribution is 2.19. The molecule has 2 rings (SSSR count). The van der Waals surface area contributed by atoms with E-state index in [9.17, 15) is 9.18 Å². The lowest BCUT2D eigenvalue weighted by molar-refractivity contribution is 0.112. The Bertz CT molecular complexity index is 676. The van der Waals surface area contributed by atoms with Gasteiger partial charge in [0.25, 0.3) is 0 Å². The number of nitrogens with zero attached hydrogens (tertiary/aromatic N) is 2. The molecule has 0 fully saturated rings. The second kappa shape index (κ2) is 5.98.